The molecule has 0 aliphatic carbocycles. The zero-order valence-corrected chi connectivity index (χ0v) is 9.14. The number of thioether (sulfide) groups is 1. The van der Waals surface area contributed by atoms with Gasteiger partial charge in [0, 0.05) is 25.6 Å². The standard InChI is InChI=1S/C9H18N2OS/c1-7(6-13-2)4-11-5-8(10)3-9(11)12/h7-8H,3-6,10H2,1-2H3. The fraction of sp³-hybridized carbons (Fsp3) is 0.889. The Kier molecular flexibility index (Phi) is 4.06. The van der Waals surface area contributed by atoms with Gasteiger partial charge in [0.15, 0.2) is 0 Å². The first-order valence-corrected chi connectivity index (χ1v) is 6.05. The first-order chi connectivity index (χ1) is 6.13. The normalized spacial score (nSPS) is 25.3. The van der Waals surface area contributed by atoms with E-state index in [0.717, 1.165) is 18.8 Å². The van der Waals surface area contributed by atoms with Crippen molar-refractivity contribution in [3.05, 3.63) is 0 Å². The number of carbonyl (C=O) groups is 1. The van der Waals surface area contributed by atoms with Gasteiger partial charge in [-0.3, -0.25) is 4.79 Å². The maximum absolute atomic E-state index is 11.4. The molecular formula is C9H18N2OS. The molecule has 2 unspecified atom stereocenters. The molecule has 13 heavy (non-hydrogen) atoms. The molecule has 0 aromatic rings. The highest BCUT2D eigenvalue weighted by Gasteiger charge is 2.27. The molecular weight excluding hydrogens is 184 g/mol. The van der Waals surface area contributed by atoms with E-state index >= 15 is 0 Å². The molecule has 1 rings (SSSR count). The lowest BCUT2D eigenvalue weighted by Crippen LogP contribution is -2.32. The largest absolute Gasteiger partial charge is 0.341 e. The van der Waals surface area contributed by atoms with Crippen molar-refractivity contribution >= 4 is 17.7 Å². The predicted octanol–water partition coefficient (Wildman–Crippen LogP) is 0.545. The average Bonchev–Trinajstić information content (AvgIpc) is 2.30. The third kappa shape index (κ3) is 3.19. The van der Waals surface area contributed by atoms with Crippen molar-refractivity contribution in [3.8, 4) is 0 Å². The number of hydrogen-bond acceptors (Lipinski definition) is 3. The summed E-state index contributed by atoms with van der Waals surface area (Å²) in [6.07, 6.45) is 2.63. The van der Waals surface area contributed by atoms with Crippen LogP contribution in [0.2, 0.25) is 0 Å². The van der Waals surface area contributed by atoms with Crippen LogP contribution in [-0.4, -0.2) is 41.9 Å². The topological polar surface area (TPSA) is 46.3 Å². The van der Waals surface area contributed by atoms with E-state index in [0.29, 0.717) is 12.3 Å². The molecule has 0 spiro atoms. The van der Waals surface area contributed by atoms with E-state index in [9.17, 15) is 4.79 Å². The molecule has 0 aromatic heterocycles. The molecule has 1 fully saturated rings. The maximum atomic E-state index is 11.4. The van der Waals surface area contributed by atoms with Gasteiger partial charge in [-0.25, -0.2) is 0 Å². The van der Waals surface area contributed by atoms with Crippen LogP contribution in [0.3, 0.4) is 0 Å². The van der Waals surface area contributed by atoms with Crippen molar-refractivity contribution in [2.75, 3.05) is 25.1 Å². The lowest BCUT2D eigenvalue weighted by molar-refractivity contribution is -0.128. The second-order valence-corrected chi connectivity index (χ2v) is 4.73. The van der Waals surface area contributed by atoms with Crippen molar-refractivity contribution in [2.24, 2.45) is 11.7 Å². The molecule has 2 N–H and O–H groups in total. The Morgan fingerprint density at radius 1 is 1.77 bits per heavy atom. The molecule has 1 aliphatic heterocycles. The van der Waals surface area contributed by atoms with Gasteiger partial charge in [-0.05, 0) is 17.9 Å². The number of likely N-dealkylation sites (tertiary alicyclic amines) is 1. The first-order valence-electron chi connectivity index (χ1n) is 4.65. The van der Waals surface area contributed by atoms with Crippen molar-refractivity contribution in [3.63, 3.8) is 0 Å². The molecule has 1 heterocycles. The molecule has 4 heteroatoms. The highest BCUT2D eigenvalue weighted by molar-refractivity contribution is 7.98. The van der Waals surface area contributed by atoms with Gasteiger partial charge in [-0.2, -0.15) is 11.8 Å². The third-order valence-corrected chi connectivity index (χ3v) is 3.13. The van der Waals surface area contributed by atoms with E-state index in [2.05, 4.69) is 13.2 Å². The van der Waals surface area contributed by atoms with Crippen molar-refractivity contribution in [1.29, 1.82) is 0 Å². The molecule has 3 nitrogen and oxygen atoms in total. The Balaban J connectivity index is 2.32. The Labute approximate surface area is 84.0 Å². The van der Waals surface area contributed by atoms with Crippen LogP contribution in [0, 0.1) is 5.92 Å². The summed E-state index contributed by atoms with van der Waals surface area (Å²) in [4.78, 5) is 13.3. The van der Waals surface area contributed by atoms with Gasteiger partial charge in [0.05, 0.1) is 0 Å². The van der Waals surface area contributed by atoms with Crippen molar-refractivity contribution < 1.29 is 4.79 Å². The highest BCUT2D eigenvalue weighted by atomic mass is 32.2. The van der Waals surface area contributed by atoms with Crippen LogP contribution >= 0.6 is 11.8 Å². The number of nitrogens with two attached hydrogens (primary N) is 1. The highest BCUT2D eigenvalue weighted by Crippen LogP contribution is 2.13. The second kappa shape index (κ2) is 4.86. The average molecular weight is 202 g/mol. The van der Waals surface area contributed by atoms with Crippen LogP contribution in [0.15, 0.2) is 0 Å². The third-order valence-electron chi connectivity index (χ3n) is 2.23. The zero-order chi connectivity index (χ0) is 9.84. The van der Waals surface area contributed by atoms with E-state index in [-0.39, 0.29) is 11.9 Å². The molecule has 0 saturated carbocycles. The molecule has 0 radical (unpaired) electrons. The molecule has 1 amide bonds. The summed E-state index contributed by atoms with van der Waals surface area (Å²) in [6.45, 7) is 3.79. The lowest BCUT2D eigenvalue weighted by atomic mass is 10.2. The van der Waals surface area contributed by atoms with E-state index < -0.39 is 0 Å². The molecule has 0 bridgehead atoms. The van der Waals surface area contributed by atoms with E-state index in [1.54, 1.807) is 0 Å². The van der Waals surface area contributed by atoms with Gasteiger partial charge in [0.1, 0.15) is 0 Å². The number of nitrogens with zero attached hydrogens (tertiary/aromatic N) is 1. The van der Waals surface area contributed by atoms with Crippen molar-refractivity contribution in [1.82, 2.24) is 4.90 Å². The minimum atomic E-state index is 0.0639. The van der Waals surface area contributed by atoms with E-state index in [1.165, 1.54) is 0 Å². The van der Waals surface area contributed by atoms with E-state index in [4.69, 9.17) is 5.73 Å². The fourth-order valence-corrected chi connectivity index (χ4v) is 2.37. The van der Waals surface area contributed by atoms with Gasteiger partial charge in [0.25, 0.3) is 0 Å². The van der Waals surface area contributed by atoms with Crippen LogP contribution in [0.4, 0.5) is 0 Å². The van der Waals surface area contributed by atoms with Crippen LogP contribution < -0.4 is 5.73 Å². The molecule has 2 atom stereocenters. The zero-order valence-electron chi connectivity index (χ0n) is 8.32. The number of amides is 1. The monoisotopic (exact) mass is 202 g/mol. The molecule has 0 aromatic carbocycles. The minimum absolute atomic E-state index is 0.0639. The number of rotatable bonds is 4. The number of carbonyl (C=O) groups excluding carboxylic acids is 1. The summed E-state index contributed by atoms with van der Waals surface area (Å²) in [5.74, 6) is 1.91. The number of hydrogen-bond donors (Lipinski definition) is 1. The van der Waals surface area contributed by atoms with Gasteiger partial charge < -0.3 is 10.6 Å². The van der Waals surface area contributed by atoms with Gasteiger partial charge in [-0.1, -0.05) is 6.92 Å². The smallest absolute Gasteiger partial charge is 0.224 e. The fourth-order valence-electron chi connectivity index (χ4n) is 1.69. The Morgan fingerprint density at radius 3 is 2.92 bits per heavy atom. The molecule has 1 aliphatic rings. The summed E-state index contributed by atoms with van der Waals surface area (Å²) in [5, 5.41) is 0. The van der Waals surface area contributed by atoms with Crippen LogP contribution in [0.25, 0.3) is 0 Å². The molecule has 76 valence electrons. The predicted molar refractivity (Wildman–Crippen MR) is 56.7 cm³/mol. The van der Waals surface area contributed by atoms with Crippen LogP contribution in [0.5, 0.6) is 0 Å². The summed E-state index contributed by atoms with van der Waals surface area (Å²) >= 11 is 1.83. The Hall–Kier alpha value is -0.220. The van der Waals surface area contributed by atoms with E-state index in [1.807, 2.05) is 16.7 Å². The second-order valence-electron chi connectivity index (χ2n) is 3.82. The SMILES string of the molecule is CSCC(C)CN1CC(N)CC1=O. The summed E-state index contributed by atoms with van der Waals surface area (Å²) < 4.78 is 0. The lowest BCUT2D eigenvalue weighted by Gasteiger charge is -2.20. The van der Waals surface area contributed by atoms with Gasteiger partial charge >= 0.3 is 0 Å². The van der Waals surface area contributed by atoms with Crippen LogP contribution in [0.1, 0.15) is 13.3 Å². The Bertz CT molecular complexity index is 186. The van der Waals surface area contributed by atoms with Gasteiger partial charge in [0.2, 0.25) is 5.91 Å². The first kappa shape index (κ1) is 10.9. The minimum Gasteiger partial charge on any atom is -0.341 e. The maximum Gasteiger partial charge on any atom is 0.224 e. The molecule has 1 saturated heterocycles. The van der Waals surface area contributed by atoms with Crippen LogP contribution in [-0.2, 0) is 4.79 Å². The van der Waals surface area contributed by atoms with Crippen molar-refractivity contribution in [2.45, 2.75) is 19.4 Å². The summed E-state index contributed by atoms with van der Waals surface area (Å²) in [7, 11) is 0. The Morgan fingerprint density at radius 2 is 2.46 bits per heavy atom. The summed E-state index contributed by atoms with van der Waals surface area (Å²) in [5.41, 5.74) is 5.70. The van der Waals surface area contributed by atoms with Gasteiger partial charge in [-0.15, -0.1) is 0 Å². The quantitative estimate of drug-likeness (QED) is 0.724. The summed E-state index contributed by atoms with van der Waals surface area (Å²) in [6, 6.07) is 0.0639.